The number of terminal acetylenes is 1. The number of carbonyl (C=O) groups excluding carboxylic acids is 5. The maximum Gasteiger partial charge on any atom is 0.314 e. The Bertz CT molecular complexity index is 857. The van der Waals surface area contributed by atoms with Crippen molar-refractivity contribution in [2.45, 2.75) is 152 Å². The smallest absolute Gasteiger partial charge is 0.314 e. The van der Waals surface area contributed by atoms with E-state index in [9.17, 15) is 24.0 Å². The average molecular weight is 652 g/mol. The standard InChI is InChI=1S/C14H20N2O3.C11H22N2O.C4H7NO.C3H8.2C2H6/c1-4-5-7-12(10(2)17)15-14(19)13-8-6-9-16(13)11(3)18;1-9(13-10(14)12-3)11(2)7-5-4-6-8-11;1-2-3-5-4-6;1-3-2;2*1-2/h1,12-13H,5-9H2,2-3H3,(H,15,19);9H,4-8H2,1-3H3,(H2,12,13,14);2,4H,1,3H2,(H,5,6);3H2,1-2H3;2*1-2H3. The van der Waals surface area contributed by atoms with E-state index in [0.29, 0.717) is 44.2 Å². The molecule has 2 rings (SSSR count). The van der Waals surface area contributed by atoms with Crippen LogP contribution in [0.4, 0.5) is 4.79 Å². The highest BCUT2D eigenvalue weighted by Gasteiger charge is 2.34. The number of likely N-dealkylation sites (tertiary alicyclic amines) is 1. The van der Waals surface area contributed by atoms with E-state index < -0.39 is 12.1 Å². The van der Waals surface area contributed by atoms with Gasteiger partial charge in [-0.2, -0.15) is 0 Å². The Labute approximate surface area is 282 Å². The zero-order valence-electron chi connectivity index (χ0n) is 31.1. The summed E-state index contributed by atoms with van der Waals surface area (Å²) in [5.41, 5.74) is 0.296. The number of hydrogen-bond acceptors (Lipinski definition) is 5. The van der Waals surface area contributed by atoms with Crippen LogP contribution in [0.2, 0.25) is 0 Å². The summed E-state index contributed by atoms with van der Waals surface area (Å²) < 4.78 is 0. The van der Waals surface area contributed by atoms with Gasteiger partial charge >= 0.3 is 6.03 Å². The van der Waals surface area contributed by atoms with Gasteiger partial charge in [0.2, 0.25) is 18.2 Å². The SMILES string of the molecule is C#CCCC(NC(=O)C1CCCN1C(C)=O)C(C)=O.C=CCNC=O.CC.CC.CCC.CNC(=O)NC(C)C1(C)CCCCC1. The Morgan fingerprint density at radius 1 is 1.02 bits per heavy atom. The van der Waals surface area contributed by atoms with Crippen LogP contribution in [0.1, 0.15) is 133 Å². The van der Waals surface area contributed by atoms with Gasteiger partial charge in [0.05, 0.1) is 6.04 Å². The summed E-state index contributed by atoms with van der Waals surface area (Å²) in [7, 11) is 1.66. The summed E-state index contributed by atoms with van der Waals surface area (Å²) >= 11 is 0. The van der Waals surface area contributed by atoms with Crippen LogP contribution in [-0.2, 0) is 19.2 Å². The van der Waals surface area contributed by atoms with Crippen molar-refractivity contribution in [2.24, 2.45) is 5.41 Å². The molecular weight excluding hydrogens is 582 g/mol. The van der Waals surface area contributed by atoms with Crippen LogP contribution in [0.3, 0.4) is 0 Å². The Kier molecular flexibility index (Phi) is 35.6. The third-order valence-corrected chi connectivity index (χ3v) is 7.31. The van der Waals surface area contributed by atoms with E-state index >= 15 is 0 Å². The molecule has 2 fully saturated rings. The predicted octanol–water partition coefficient (Wildman–Crippen LogP) is 6.15. The maximum absolute atomic E-state index is 12.1. The van der Waals surface area contributed by atoms with Gasteiger partial charge in [-0.25, -0.2) is 4.79 Å². The van der Waals surface area contributed by atoms with Crippen LogP contribution >= 0.6 is 0 Å². The van der Waals surface area contributed by atoms with Crippen LogP contribution in [-0.4, -0.2) is 73.2 Å². The quantitative estimate of drug-likeness (QED) is 0.0973. The van der Waals surface area contributed by atoms with Gasteiger partial charge in [-0.05, 0) is 51.4 Å². The molecule has 2 aliphatic rings. The molecule has 0 spiro atoms. The van der Waals surface area contributed by atoms with Gasteiger partial charge in [-0.3, -0.25) is 19.2 Å². The number of urea groups is 1. The minimum atomic E-state index is -0.557. The molecule has 0 bridgehead atoms. The zero-order chi connectivity index (χ0) is 36.6. The summed E-state index contributed by atoms with van der Waals surface area (Å²) in [6, 6.07) is -0.810. The molecule has 0 aromatic rings. The molecule has 5 amide bonds. The third-order valence-electron chi connectivity index (χ3n) is 7.31. The monoisotopic (exact) mass is 652 g/mol. The summed E-state index contributed by atoms with van der Waals surface area (Å²) in [6.07, 6.45) is 17.4. The molecule has 0 radical (unpaired) electrons. The van der Waals surface area contributed by atoms with Gasteiger partial charge in [0.1, 0.15) is 6.04 Å². The fraction of sp³-hybridized carbons (Fsp3) is 0.750. The summed E-state index contributed by atoms with van der Waals surface area (Å²) in [6.45, 7) is 24.1. The van der Waals surface area contributed by atoms with Gasteiger partial charge in [-0.15, -0.1) is 18.9 Å². The van der Waals surface area contributed by atoms with Crippen molar-refractivity contribution < 1.29 is 24.0 Å². The lowest BCUT2D eigenvalue weighted by Gasteiger charge is -2.39. The first-order valence-corrected chi connectivity index (χ1v) is 17.2. The van der Waals surface area contributed by atoms with Crippen molar-refractivity contribution in [1.82, 2.24) is 26.2 Å². The van der Waals surface area contributed by atoms with Crippen LogP contribution in [0.25, 0.3) is 0 Å². The first-order chi connectivity index (χ1) is 21.9. The number of nitrogens with one attached hydrogen (secondary N) is 4. The van der Waals surface area contributed by atoms with Gasteiger partial charge < -0.3 is 26.2 Å². The molecular formula is C36H69N5O5. The van der Waals surface area contributed by atoms with E-state index in [0.717, 1.165) is 6.42 Å². The number of nitrogens with zero attached hydrogens (tertiary/aromatic N) is 1. The van der Waals surface area contributed by atoms with Gasteiger partial charge in [0.15, 0.2) is 5.78 Å². The fourth-order valence-corrected chi connectivity index (χ4v) is 4.66. The van der Waals surface area contributed by atoms with Crippen LogP contribution < -0.4 is 21.3 Å². The van der Waals surface area contributed by atoms with E-state index in [1.165, 1.54) is 52.4 Å². The second-order valence-corrected chi connectivity index (χ2v) is 11.0. The van der Waals surface area contributed by atoms with Gasteiger partial charge in [-0.1, -0.05) is 80.2 Å². The highest BCUT2D eigenvalue weighted by atomic mass is 16.2. The lowest BCUT2D eigenvalue weighted by atomic mass is 9.71. The van der Waals surface area contributed by atoms with E-state index in [1.54, 1.807) is 18.0 Å². The zero-order valence-corrected chi connectivity index (χ0v) is 31.1. The van der Waals surface area contributed by atoms with Gasteiger partial charge in [0, 0.05) is 39.5 Å². The predicted molar refractivity (Wildman–Crippen MR) is 192 cm³/mol. The number of amides is 5. The number of ketones is 1. The highest BCUT2D eigenvalue weighted by molar-refractivity contribution is 5.92. The molecule has 1 aliphatic heterocycles. The van der Waals surface area contributed by atoms with Crippen molar-refractivity contribution in [3.8, 4) is 12.3 Å². The minimum Gasteiger partial charge on any atom is -0.355 e. The normalized spacial score (nSPS) is 16.5. The van der Waals surface area contributed by atoms with Crippen molar-refractivity contribution in [3.63, 3.8) is 0 Å². The van der Waals surface area contributed by atoms with E-state index in [4.69, 9.17) is 6.42 Å². The van der Waals surface area contributed by atoms with Crippen LogP contribution in [0.5, 0.6) is 0 Å². The first-order valence-electron chi connectivity index (χ1n) is 17.2. The fourth-order valence-electron chi connectivity index (χ4n) is 4.66. The first kappa shape index (κ1) is 49.5. The summed E-state index contributed by atoms with van der Waals surface area (Å²) in [5.74, 6) is 1.97. The van der Waals surface area contributed by atoms with Crippen LogP contribution in [0.15, 0.2) is 12.7 Å². The minimum absolute atomic E-state index is 0.0655. The van der Waals surface area contributed by atoms with Crippen LogP contribution in [0, 0.1) is 17.8 Å². The Morgan fingerprint density at radius 2 is 1.57 bits per heavy atom. The van der Waals surface area contributed by atoms with Crippen molar-refractivity contribution in [1.29, 1.82) is 0 Å². The average Bonchev–Trinajstić information content (AvgIpc) is 3.56. The van der Waals surface area contributed by atoms with E-state index in [1.807, 2.05) is 27.7 Å². The lowest BCUT2D eigenvalue weighted by Crippen LogP contribution is -2.50. The molecule has 10 heteroatoms. The Hall–Kier alpha value is -3.35. The molecule has 46 heavy (non-hydrogen) atoms. The molecule has 0 aromatic heterocycles. The Morgan fingerprint density at radius 3 is 1.96 bits per heavy atom. The second kappa shape index (κ2) is 33.0. The molecule has 1 aliphatic carbocycles. The molecule has 0 aromatic carbocycles. The molecule has 4 N–H and O–H groups in total. The molecule has 1 heterocycles. The molecule has 3 unspecified atom stereocenters. The molecule has 1 saturated heterocycles. The topological polar surface area (TPSA) is 137 Å². The lowest BCUT2D eigenvalue weighted by molar-refractivity contribution is -0.137. The van der Waals surface area contributed by atoms with Crippen molar-refractivity contribution in [2.75, 3.05) is 20.1 Å². The third kappa shape index (κ3) is 24.0. The number of rotatable bonds is 10. The second-order valence-electron chi connectivity index (χ2n) is 11.0. The molecule has 10 nitrogen and oxygen atoms in total. The summed E-state index contributed by atoms with van der Waals surface area (Å²) in [4.78, 5) is 57.1. The molecule has 1 saturated carbocycles. The number of hydrogen-bond donors (Lipinski definition) is 4. The maximum atomic E-state index is 12.1. The van der Waals surface area contributed by atoms with E-state index in [2.05, 4.69) is 61.5 Å². The van der Waals surface area contributed by atoms with E-state index in [-0.39, 0.29) is 29.7 Å². The molecule has 3 atom stereocenters. The van der Waals surface area contributed by atoms with Crippen molar-refractivity contribution >= 4 is 30.0 Å². The summed E-state index contributed by atoms with van der Waals surface area (Å²) in [5, 5.41) is 10.7. The van der Waals surface area contributed by atoms with Gasteiger partial charge in [0.25, 0.3) is 0 Å². The molecule has 268 valence electrons. The van der Waals surface area contributed by atoms with Crippen molar-refractivity contribution in [3.05, 3.63) is 12.7 Å². The Balaban J connectivity index is -0.000000285. The largest absolute Gasteiger partial charge is 0.355 e. The highest BCUT2D eigenvalue weighted by Crippen LogP contribution is 2.38. The number of Topliss-reactive ketones (excluding diaryl/α,β-unsaturated/α-hetero) is 1. The number of carbonyl (C=O) groups is 5.